The van der Waals surface area contributed by atoms with Crippen LogP contribution in [0.15, 0.2) is 18.2 Å². The van der Waals surface area contributed by atoms with Gasteiger partial charge in [0.15, 0.2) is 0 Å². The van der Waals surface area contributed by atoms with Crippen molar-refractivity contribution in [2.45, 2.75) is 32.3 Å². The minimum atomic E-state index is -3.25. The number of amides is 1. The molecular weight excluding hydrogens is 316 g/mol. The molecule has 6 nitrogen and oxygen atoms in total. The lowest BCUT2D eigenvalue weighted by molar-refractivity contribution is 0.0857. The molecule has 0 saturated carbocycles. The van der Waals surface area contributed by atoms with Gasteiger partial charge >= 0.3 is 0 Å². The van der Waals surface area contributed by atoms with Crippen LogP contribution in [0.2, 0.25) is 0 Å². The predicted octanol–water partition coefficient (Wildman–Crippen LogP) is 1.31. The summed E-state index contributed by atoms with van der Waals surface area (Å²) in [5, 5.41) is 2.89. The van der Waals surface area contributed by atoms with Crippen LogP contribution in [-0.2, 0) is 21.2 Å². The van der Waals surface area contributed by atoms with Crippen LogP contribution < -0.4 is 9.62 Å². The van der Waals surface area contributed by atoms with Gasteiger partial charge in [0.05, 0.1) is 17.5 Å². The maximum Gasteiger partial charge on any atom is 0.251 e. The Hall–Kier alpha value is -1.60. The number of carbonyl (C=O) groups is 1. The van der Waals surface area contributed by atoms with E-state index in [-0.39, 0.29) is 17.8 Å². The number of ether oxygens (including phenoxy) is 1. The molecule has 1 fully saturated rings. The van der Waals surface area contributed by atoms with Gasteiger partial charge < -0.3 is 10.1 Å². The van der Waals surface area contributed by atoms with E-state index in [9.17, 15) is 13.2 Å². The Morgan fingerprint density at radius 1 is 1.43 bits per heavy atom. The fraction of sp³-hybridized carbons (Fsp3) is 0.562. The van der Waals surface area contributed by atoms with Gasteiger partial charge in [0.2, 0.25) is 10.0 Å². The number of carbonyl (C=O) groups excluding carboxylic acids is 1. The van der Waals surface area contributed by atoms with Crippen molar-refractivity contribution in [3.63, 3.8) is 0 Å². The van der Waals surface area contributed by atoms with Gasteiger partial charge in [-0.1, -0.05) is 0 Å². The monoisotopic (exact) mass is 338 g/mol. The van der Waals surface area contributed by atoms with E-state index in [0.29, 0.717) is 30.8 Å². The molecule has 2 aliphatic heterocycles. The average molecular weight is 338 g/mol. The van der Waals surface area contributed by atoms with E-state index in [0.717, 1.165) is 25.0 Å². The van der Waals surface area contributed by atoms with Crippen LogP contribution in [0.5, 0.6) is 0 Å². The summed E-state index contributed by atoms with van der Waals surface area (Å²) >= 11 is 0. The van der Waals surface area contributed by atoms with Crippen LogP contribution >= 0.6 is 0 Å². The molecule has 126 valence electrons. The Kier molecular flexibility index (Phi) is 4.59. The zero-order valence-corrected chi connectivity index (χ0v) is 14.1. The molecule has 0 aromatic heterocycles. The van der Waals surface area contributed by atoms with Crippen molar-refractivity contribution in [2.75, 3.05) is 29.8 Å². The number of hydrogen-bond donors (Lipinski definition) is 1. The summed E-state index contributed by atoms with van der Waals surface area (Å²) in [6.45, 7) is 3.38. The molecular formula is C16H22N2O4S. The molecule has 3 rings (SSSR count). The highest BCUT2D eigenvalue weighted by atomic mass is 32.2. The largest absolute Gasteiger partial charge is 0.376 e. The van der Waals surface area contributed by atoms with Gasteiger partial charge in [0, 0.05) is 25.3 Å². The first-order chi connectivity index (χ1) is 11.0. The van der Waals surface area contributed by atoms with E-state index in [1.807, 2.05) is 0 Å². The van der Waals surface area contributed by atoms with Gasteiger partial charge in [-0.3, -0.25) is 9.10 Å². The Bertz CT molecular complexity index is 696. The number of sulfonamides is 1. The summed E-state index contributed by atoms with van der Waals surface area (Å²) in [5.41, 5.74) is 2.17. The third-order valence-corrected chi connectivity index (χ3v) is 6.19. The molecule has 7 heteroatoms. The second kappa shape index (κ2) is 6.49. The zero-order chi connectivity index (χ0) is 16.4. The molecule has 23 heavy (non-hydrogen) atoms. The Morgan fingerprint density at radius 2 is 2.26 bits per heavy atom. The van der Waals surface area contributed by atoms with Crippen molar-refractivity contribution in [3.05, 3.63) is 29.3 Å². The number of rotatable bonds is 5. The highest BCUT2D eigenvalue weighted by Gasteiger charge is 2.28. The molecule has 1 aromatic rings. The standard InChI is InChI=1S/C16H22N2O4S/c1-2-23(20,21)18-8-7-12-10-13(5-6-15(12)18)16(19)17-11-14-4-3-9-22-14/h5-6,10,14H,2-4,7-9,11H2,1H3,(H,17,19)/t14-/m1/s1. The third-order valence-electron chi connectivity index (χ3n) is 4.41. The van der Waals surface area contributed by atoms with Gasteiger partial charge in [-0.25, -0.2) is 8.42 Å². The fourth-order valence-electron chi connectivity index (χ4n) is 3.07. The quantitative estimate of drug-likeness (QED) is 0.878. The summed E-state index contributed by atoms with van der Waals surface area (Å²) in [6, 6.07) is 5.22. The van der Waals surface area contributed by atoms with Crippen LogP contribution in [0, 0.1) is 0 Å². The lowest BCUT2D eigenvalue weighted by Crippen LogP contribution is -2.32. The molecule has 0 aliphatic carbocycles. The minimum Gasteiger partial charge on any atom is -0.376 e. The normalized spacial score (nSPS) is 20.6. The van der Waals surface area contributed by atoms with Crippen LogP contribution in [0.1, 0.15) is 35.7 Å². The number of benzene rings is 1. The summed E-state index contributed by atoms with van der Waals surface area (Å²) in [6.07, 6.45) is 2.77. The van der Waals surface area contributed by atoms with Gasteiger partial charge in [0.1, 0.15) is 0 Å². The van der Waals surface area contributed by atoms with Crippen LogP contribution in [0.25, 0.3) is 0 Å². The maximum absolute atomic E-state index is 12.2. The van der Waals surface area contributed by atoms with Gasteiger partial charge in [-0.15, -0.1) is 0 Å². The second-order valence-corrected chi connectivity index (χ2v) is 8.09. The molecule has 1 atom stereocenters. The molecule has 2 aliphatic rings. The van der Waals surface area contributed by atoms with E-state index in [4.69, 9.17) is 4.74 Å². The molecule has 0 radical (unpaired) electrons. The SMILES string of the molecule is CCS(=O)(=O)N1CCc2cc(C(=O)NC[C@H]3CCCO3)ccc21. The van der Waals surface area contributed by atoms with E-state index >= 15 is 0 Å². The Morgan fingerprint density at radius 3 is 2.96 bits per heavy atom. The van der Waals surface area contributed by atoms with Crippen molar-refractivity contribution < 1.29 is 17.9 Å². The average Bonchev–Trinajstić information content (AvgIpc) is 3.21. The number of anilines is 1. The van der Waals surface area contributed by atoms with Crippen molar-refractivity contribution >= 4 is 21.6 Å². The van der Waals surface area contributed by atoms with Crippen molar-refractivity contribution in [2.24, 2.45) is 0 Å². The molecule has 1 saturated heterocycles. The minimum absolute atomic E-state index is 0.0794. The van der Waals surface area contributed by atoms with Gasteiger partial charge in [0.25, 0.3) is 5.91 Å². The molecule has 1 aromatic carbocycles. The van der Waals surface area contributed by atoms with Crippen LogP contribution in [-0.4, -0.2) is 45.9 Å². The number of nitrogens with one attached hydrogen (secondary N) is 1. The Balaban J connectivity index is 1.70. The lowest BCUT2D eigenvalue weighted by atomic mass is 10.1. The number of hydrogen-bond acceptors (Lipinski definition) is 4. The summed E-state index contributed by atoms with van der Waals surface area (Å²) in [4.78, 5) is 12.2. The molecule has 0 spiro atoms. The smallest absolute Gasteiger partial charge is 0.251 e. The van der Waals surface area contributed by atoms with Gasteiger partial charge in [-0.2, -0.15) is 0 Å². The van der Waals surface area contributed by atoms with E-state index < -0.39 is 10.0 Å². The van der Waals surface area contributed by atoms with E-state index in [2.05, 4.69) is 5.32 Å². The maximum atomic E-state index is 12.2. The predicted molar refractivity (Wildman–Crippen MR) is 88.3 cm³/mol. The first-order valence-corrected chi connectivity index (χ1v) is 9.65. The lowest BCUT2D eigenvalue weighted by Gasteiger charge is -2.18. The van der Waals surface area contributed by atoms with E-state index in [1.54, 1.807) is 25.1 Å². The summed E-state index contributed by atoms with van der Waals surface area (Å²) in [7, 11) is -3.25. The van der Waals surface area contributed by atoms with Gasteiger partial charge in [-0.05, 0) is 49.9 Å². The van der Waals surface area contributed by atoms with Crippen LogP contribution in [0.4, 0.5) is 5.69 Å². The second-order valence-electron chi connectivity index (χ2n) is 5.91. The third kappa shape index (κ3) is 3.35. The molecule has 2 heterocycles. The number of fused-ring (bicyclic) bond motifs is 1. The molecule has 0 unspecified atom stereocenters. The number of nitrogens with zero attached hydrogens (tertiary/aromatic N) is 1. The van der Waals surface area contributed by atoms with Crippen LogP contribution in [0.3, 0.4) is 0 Å². The highest BCUT2D eigenvalue weighted by molar-refractivity contribution is 7.92. The van der Waals surface area contributed by atoms with Crippen molar-refractivity contribution in [3.8, 4) is 0 Å². The topological polar surface area (TPSA) is 75.7 Å². The Labute approximate surface area is 136 Å². The first-order valence-electron chi connectivity index (χ1n) is 8.04. The zero-order valence-electron chi connectivity index (χ0n) is 13.2. The van der Waals surface area contributed by atoms with Crippen molar-refractivity contribution in [1.82, 2.24) is 5.32 Å². The molecule has 0 bridgehead atoms. The summed E-state index contributed by atoms with van der Waals surface area (Å²) in [5.74, 6) is -0.0594. The first kappa shape index (κ1) is 16.3. The fourth-order valence-corrected chi connectivity index (χ4v) is 4.23. The molecule has 1 amide bonds. The van der Waals surface area contributed by atoms with Crippen molar-refractivity contribution in [1.29, 1.82) is 0 Å². The van der Waals surface area contributed by atoms with E-state index in [1.165, 1.54) is 4.31 Å². The molecule has 1 N–H and O–H groups in total. The highest BCUT2D eigenvalue weighted by Crippen LogP contribution is 2.31. The summed E-state index contributed by atoms with van der Waals surface area (Å²) < 4.78 is 31.1.